The highest BCUT2D eigenvalue weighted by Gasteiger charge is 2.33. The van der Waals surface area contributed by atoms with Crippen molar-refractivity contribution in [2.75, 3.05) is 18.8 Å². The lowest BCUT2D eigenvalue weighted by molar-refractivity contribution is 0.426. The van der Waals surface area contributed by atoms with Crippen molar-refractivity contribution in [3.63, 3.8) is 0 Å². The lowest BCUT2D eigenvalue weighted by Crippen LogP contribution is -2.34. The Balaban J connectivity index is 2.44. The maximum absolute atomic E-state index is 14.0. The summed E-state index contributed by atoms with van der Waals surface area (Å²) in [4.78, 5) is -0.529. The van der Waals surface area contributed by atoms with E-state index in [1.165, 1.54) is 6.07 Å². The zero-order chi connectivity index (χ0) is 14.9. The molecule has 2 N–H and O–H groups in total. The van der Waals surface area contributed by atoms with E-state index in [1.54, 1.807) is 0 Å². The van der Waals surface area contributed by atoms with Gasteiger partial charge in [0.2, 0.25) is 10.0 Å². The largest absolute Gasteiger partial charge is 0.399 e. The molecule has 0 atom stereocenters. The summed E-state index contributed by atoms with van der Waals surface area (Å²) in [6, 6.07) is 2.23. The van der Waals surface area contributed by atoms with Gasteiger partial charge >= 0.3 is 0 Å². The first-order chi connectivity index (χ1) is 9.36. The van der Waals surface area contributed by atoms with Gasteiger partial charge in [-0.2, -0.15) is 4.31 Å². The van der Waals surface area contributed by atoms with Crippen molar-refractivity contribution in [3.05, 3.63) is 23.0 Å². The van der Waals surface area contributed by atoms with Crippen LogP contribution in [0.1, 0.15) is 12.8 Å². The Morgan fingerprint density at radius 3 is 2.70 bits per heavy atom. The number of halogens is 2. The number of nitrogen functional groups attached to an aromatic ring is 1. The Kier molecular flexibility index (Phi) is 4.23. The second-order valence-electron chi connectivity index (χ2n) is 4.76. The minimum atomic E-state index is -4.04. The zero-order valence-corrected chi connectivity index (χ0v) is 12.2. The third kappa shape index (κ3) is 3.06. The predicted octanol–water partition coefficient (Wildman–Crippen LogP) is 2.10. The fraction of sp³-hybridized carbons (Fsp3) is 0.385. The second-order valence-corrected chi connectivity index (χ2v) is 7.07. The molecule has 0 unspecified atom stereocenters. The lowest BCUT2D eigenvalue weighted by atomic mass is 10.3. The summed E-state index contributed by atoms with van der Waals surface area (Å²) in [7, 11) is -4.04. The molecule has 0 radical (unpaired) electrons. The van der Waals surface area contributed by atoms with Gasteiger partial charge in [0.15, 0.2) is 5.82 Å². The van der Waals surface area contributed by atoms with E-state index in [4.69, 9.17) is 23.8 Å². The molecule has 20 heavy (non-hydrogen) atoms. The van der Waals surface area contributed by atoms with E-state index in [2.05, 4.69) is 5.92 Å². The van der Waals surface area contributed by atoms with Crippen molar-refractivity contribution in [2.24, 2.45) is 5.92 Å². The number of benzene rings is 1. The van der Waals surface area contributed by atoms with Gasteiger partial charge < -0.3 is 5.73 Å². The number of nitrogens with zero attached hydrogens (tertiary/aromatic N) is 1. The maximum Gasteiger partial charge on any atom is 0.247 e. The lowest BCUT2D eigenvalue weighted by Gasteiger charge is -2.20. The summed E-state index contributed by atoms with van der Waals surface area (Å²) >= 11 is 5.65. The smallest absolute Gasteiger partial charge is 0.247 e. The van der Waals surface area contributed by atoms with Crippen LogP contribution in [0.3, 0.4) is 0 Å². The van der Waals surface area contributed by atoms with E-state index >= 15 is 0 Å². The molecule has 0 heterocycles. The van der Waals surface area contributed by atoms with Crippen LogP contribution >= 0.6 is 11.6 Å². The van der Waals surface area contributed by atoms with Crippen LogP contribution in [0.4, 0.5) is 10.1 Å². The SMILES string of the molecule is C#CCN(CC1CC1)S(=O)(=O)c1cc(N)cc(Cl)c1F. The Labute approximate surface area is 122 Å². The molecular formula is C13H14ClFN2O2S. The van der Waals surface area contributed by atoms with Gasteiger partial charge in [0.05, 0.1) is 11.6 Å². The average Bonchev–Trinajstić information content (AvgIpc) is 3.17. The molecule has 2 rings (SSSR count). The van der Waals surface area contributed by atoms with Crippen LogP contribution in [-0.2, 0) is 10.0 Å². The molecule has 0 spiro atoms. The predicted molar refractivity (Wildman–Crippen MR) is 76.1 cm³/mol. The minimum absolute atomic E-state index is 0.0852. The van der Waals surface area contributed by atoms with Crippen LogP contribution in [0.5, 0.6) is 0 Å². The third-order valence-electron chi connectivity index (χ3n) is 3.06. The van der Waals surface area contributed by atoms with Gasteiger partial charge in [-0.3, -0.25) is 0 Å². The molecule has 0 bridgehead atoms. The van der Waals surface area contributed by atoms with Crippen LogP contribution < -0.4 is 5.73 Å². The molecule has 1 saturated carbocycles. The van der Waals surface area contributed by atoms with Crippen molar-refractivity contribution < 1.29 is 12.8 Å². The Morgan fingerprint density at radius 1 is 1.50 bits per heavy atom. The molecular weight excluding hydrogens is 303 g/mol. The molecule has 1 fully saturated rings. The first kappa shape index (κ1) is 15.1. The maximum atomic E-state index is 14.0. The van der Waals surface area contributed by atoms with E-state index in [0.29, 0.717) is 6.54 Å². The highest BCUT2D eigenvalue weighted by atomic mass is 35.5. The van der Waals surface area contributed by atoms with Crippen LogP contribution in [-0.4, -0.2) is 25.8 Å². The van der Waals surface area contributed by atoms with Crippen LogP contribution in [0.25, 0.3) is 0 Å². The molecule has 1 aliphatic carbocycles. The zero-order valence-electron chi connectivity index (χ0n) is 10.6. The van der Waals surface area contributed by atoms with Gasteiger partial charge in [0, 0.05) is 12.2 Å². The number of hydrogen-bond acceptors (Lipinski definition) is 3. The number of anilines is 1. The quantitative estimate of drug-likeness (QED) is 0.668. The number of rotatable bonds is 5. The number of nitrogens with two attached hydrogens (primary N) is 1. The number of terminal acetylenes is 1. The third-order valence-corrected chi connectivity index (χ3v) is 5.15. The molecule has 1 aliphatic rings. The number of sulfonamides is 1. The normalized spacial score (nSPS) is 15.3. The molecule has 0 aliphatic heterocycles. The van der Waals surface area contributed by atoms with Crippen molar-refractivity contribution in [1.29, 1.82) is 0 Å². The standard InChI is InChI=1S/C13H14ClFN2O2S/c1-2-5-17(8-9-3-4-9)20(18,19)12-7-10(16)6-11(14)13(12)15/h1,6-7,9H,3-5,8,16H2. The van der Waals surface area contributed by atoms with Crippen LogP contribution in [0.15, 0.2) is 17.0 Å². The van der Waals surface area contributed by atoms with Gasteiger partial charge in [0.25, 0.3) is 0 Å². The summed E-state index contributed by atoms with van der Waals surface area (Å²) in [5.74, 6) is 1.57. The van der Waals surface area contributed by atoms with E-state index in [-0.39, 0.29) is 23.2 Å². The summed E-state index contributed by atoms with van der Waals surface area (Å²) in [6.07, 6.45) is 7.11. The second kappa shape index (κ2) is 5.60. The minimum Gasteiger partial charge on any atom is -0.399 e. The fourth-order valence-electron chi connectivity index (χ4n) is 1.85. The van der Waals surface area contributed by atoms with E-state index in [0.717, 1.165) is 23.2 Å². The van der Waals surface area contributed by atoms with Gasteiger partial charge in [0.1, 0.15) is 4.90 Å². The van der Waals surface area contributed by atoms with Gasteiger partial charge in [-0.25, -0.2) is 12.8 Å². The Hall–Kier alpha value is -1.29. The Bertz CT molecular complexity index is 666. The van der Waals surface area contributed by atoms with E-state index in [1.807, 2.05) is 0 Å². The van der Waals surface area contributed by atoms with Crippen molar-refractivity contribution in [1.82, 2.24) is 4.31 Å². The van der Waals surface area contributed by atoms with Gasteiger partial charge in [-0.1, -0.05) is 17.5 Å². The summed E-state index contributed by atoms with van der Waals surface area (Å²) in [5.41, 5.74) is 5.62. The fourth-order valence-corrected chi connectivity index (χ4v) is 3.68. The van der Waals surface area contributed by atoms with E-state index < -0.39 is 20.7 Å². The Morgan fingerprint density at radius 2 is 2.15 bits per heavy atom. The van der Waals surface area contributed by atoms with Crippen molar-refractivity contribution in [2.45, 2.75) is 17.7 Å². The van der Waals surface area contributed by atoms with Crippen molar-refractivity contribution in [3.8, 4) is 12.3 Å². The molecule has 1 aromatic rings. The molecule has 108 valence electrons. The summed E-state index contributed by atoms with van der Waals surface area (Å²) in [6.45, 7) is 0.184. The van der Waals surface area contributed by atoms with Gasteiger partial charge in [-0.15, -0.1) is 6.42 Å². The molecule has 0 aromatic heterocycles. The summed E-state index contributed by atoms with van der Waals surface area (Å²) < 4.78 is 40.1. The van der Waals surface area contributed by atoms with Gasteiger partial charge in [-0.05, 0) is 30.9 Å². The first-order valence-corrected chi connectivity index (χ1v) is 7.86. The summed E-state index contributed by atoms with van der Waals surface area (Å²) in [5, 5.41) is -0.323. The molecule has 1 aromatic carbocycles. The molecule has 0 amide bonds. The monoisotopic (exact) mass is 316 g/mol. The molecule has 7 heteroatoms. The molecule has 0 saturated heterocycles. The first-order valence-electron chi connectivity index (χ1n) is 6.04. The molecule has 4 nitrogen and oxygen atoms in total. The van der Waals surface area contributed by atoms with E-state index in [9.17, 15) is 12.8 Å². The number of hydrogen-bond donors (Lipinski definition) is 1. The van der Waals surface area contributed by atoms with Crippen LogP contribution in [0, 0.1) is 24.1 Å². The topological polar surface area (TPSA) is 63.4 Å². The highest BCUT2D eigenvalue weighted by molar-refractivity contribution is 7.89. The average molecular weight is 317 g/mol. The van der Waals surface area contributed by atoms with Crippen LogP contribution in [0.2, 0.25) is 5.02 Å². The van der Waals surface area contributed by atoms with Crippen molar-refractivity contribution >= 4 is 27.3 Å². The highest BCUT2D eigenvalue weighted by Crippen LogP contribution is 2.33.